The van der Waals surface area contributed by atoms with Crippen LogP contribution in [-0.4, -0.2) is 6.21 Å². The Hall–Kier alpha value is -1.36. The van der Waals surface area contributed by atoms with Gasteiger partial charge in [-0.25, -0.2) is 0 Å². The maximum Gasteiger partial charge on any atom is 0.205 e. The van der Waals surface area contributed by atoms with Crippen molar-refractivity contribution in [2.24, 2.45) is 4.99 Å². The van der Waals surface area contributed by atoms with E-state index in [0.29, 0.717) is 0 Å². The molecule has 0 aliphatic carbocycles. The molecule has 9 heavy (non-hydrogen) atoms. The Morgan fingerprint density at radius 1 is 1.78 bits per heavy atom. The van der Waals surface area contributed by atoms with Gasteiger partial charge in [0.1, 0.15) is 0 Å². The summed E-state index contributed by atoms with van der Waals surface area (Å²) in [6, 6.07) is 0. The van der Waals surface area contributed by atoms with Crippen molar-refractivity contribution >= 4 is 6.21 Å². The summed E-state index contributed by atoms with van der Waals surface area (Å²) in [6.45, 7) is 5.48. The average molecular weight is 120 g/mol. The first-order chi connectivity index (χ1) is 4.31. The van der Waals surface area contributed by atoms with E-state index in [0.717, 1.165) is 5.57 Å². The summed E-state index contributed by atoms with van der Waals surface area (Å²) >= 11 is 0. The number of nitriles is 1. The summed E-state index contributed by atoms with van der Waals surface area (Å²) in [5.74, 6) is 0. The summed E-state index contributed by atoms with van der Waals surface area (Å²) in [5, 5.41) is 7.97. The first-order valence-electron chi connectivity index (χ1n) is 2.55. The van der Waals surface area contributed by atoms with Gasteiger partial charge in [-0.2, -0.15) is 10.3 Å². The zero-order valence-electron chi connectivity index (χ0n) is 5.33. The molecule has 0 N–H and O–H groups in total. The largest absolute Gasteiger partial charge is 0.205 e. The van der Waals surface area contributed by atoms with Crippen molar-refractivity contribution in [2.75, 3.05) is 0 Å². The maximum absolute atomic E-state index is 7.97. The molecule has 0 aromatic rings. The minimum atomic E-state index is 0.735. The molecule has 0 aliphatic heterocycles. The SMILES string of the molecule is C=C(/C=C\C)/C=N\C#N. The second kappa shape index (κ2) is 4.79. The Labute approximate surface area is 54.8 Å². The van der Waals surface area contributed by atoms with Gasteiger partial charge in [0.15, 0.2) is 0 Å². The van der Waals surface area contributed by atoms with Crippen molar-refractivity contribution < 1.29 is 0 Å². The number of nitrogens with zero attached hydrogens (tertiary/aromatic N) is 2. The zero-order valence-corrected chi connectivity index (χ0v) is 5.33. The van der Waals surface area contributed by atoms with Gasteiger partial charge >= 0.3 is 0 Å². The molecule has 0 fully saturated rings. The Morgan fingerprint density at radius 3 is 2.89 bits per heavy atom. The smallest absolute Gasteiger partial charge is 0.181 e. The van der Waals surface area contributed by atoms with Crippen LogP contribution in [0.25, 0.3) is 0 Å². The van der Waals surface area contributed by atoms with Crippen LogP contribution in [0.5, 0.6) is 0 Å². The topological polar surface area (TPSA) is 36.1 Å². The molecule has 0 amide bonds. The van der Waals surface area contributed by atoms with Crippen molar-refractivity contribution in [1.29, 1.82) is 5.26 Å². The second-order valence-corrected chi connectivity index (χ2v) is 1.43. The molecule has 0 aromatic heterocycles. The molecule has 0 bridgehead atoms. The molecule has 0 atom stereocenters. The molecule has 0 aliphatic rings. The molecule has 0 radical (unpaired) electrons. The molecule has 2 nitrogen and oxygen atoms in total. The number of hydrogen-bond donors (Lipinski definition) is 0. The van der Waals surface area contributed by atoms with Gasteiger partial charge in [-0.15, -0.1) is 0 Å². The highest BCUT2D eigenvalue weighted by Gasteiger charge is 1.75. The van der Waals surface area contributed by atoms with E-state index >= 15 is 0 Å². The van der Waals surface area contributed by atoms with Crippen LogP contribution in [0.2, 0.25) is 0 Å². The van der Waals surface area contributed by atoms with E-state index in [1.165, 1.54) is 6.21 Å². The van der Waals surface area contributed by atoms with E-state index in [1.54, 1.807) is 12.3 Å². The predicted molar refractivity (Wildman–Crippen MR) is 38.1 cm³/mol. The Balaban J connectivity index is 3.81. The third-order valence-electron chi connectivity index (χ3n) is 0.669. The standard InChI is InChI=1S/C7H8N2/c1-3-4-7(2)5-9-6-8/h3-5H,2H2,1H3/b4-3-,9-5-. The monoisotopic (exact) mass is 120 g/mol. The average Bonchev–Trinajstić information content (AvgIpc) is 1.85. The van der Waals surface area contributed by atoms with Crippen LogP contribution < -0.4 is 0 Å². The number of hydrogen-bond acceptors (Lipinski definition) is 2. The normalized spacial score (nSPS) is 10.2. The quantitative estimate of drug-likeness (QED) is 0.310. The molecule has 0 rings (SSSR count). The van der Waals surface area contributed by atoms with Crippen LogP contribution in [0.15, 0.2) is 29.3 Å². The molecule has 0 saturated heterocycles. The van der Waals surface area contributed by atoms with E-state index in [2.05, 4.69) is 11.6 Å². The lowest BCUT2D eigenvalue weighted by molar-refractivity contribution is 1.45. The van der Waals surface area contributed by atoms with Crippen LogP contribution in [0.4, 0.5) is 0 Å². The second-order valence-electron chi connectivity index (χ2n) is 1.43. The van der Waals surface area contributed by atoms with Gasteiger partial charge in [0, 0.05) is 6.21 Å². The highest BCUT2D eigenvalue weighted by molar-refractivity contribution is 5.81. The predicted octanol–water partition coefficient (Wildman–Crippen LogP) is 1.67. The van der Waals surface area contributed by atoms with Gasteiger partial charge < -0.3 is 0 Å². The van der Waals surface area contributed by atoms with Gasteiger partial charge in [-0.05, 0) is 12.5 Å². The Morgan fingerprint density at radius 2 is 2.44 bits per heavy atom. The molecule has 46 valence electrons. The van der Waals surface area contributed by atoms with E-state index in [9.17, 15) is 0 Å². The molecule has 0 spiro atoms. The number of aliphatic imine (C=N–C) groups is 1. The van der Waals surface area contributed by atoms with Crippen molar-refractivity contribution in [1.82, 2.24) is 0 Å². The third kappa shape index (κ3) is 4.49. The fourth-order valence-corrected chi connectivity index (χ4v) is 0.369. The lowest BCUT2D eigenvalue weighted by atomic mass is 10.3. The first kappa shape index (κ1) is 7.64. The fraction of sp³-hybridized carbons (Fsp3) is 0.143. The van der Waals surface area contributed by atoms with Crippen molar-refractivity contribution in [3.63, 3.8) is 0 Å². The van der Waals surface area contributed by atoms with E-state index in [1.807, 2.05) is 13.0 Å². The van der Waals surface area contributed by atoms with Crippen LogP contribution in [-0.2, 0) is 0 Å². The lowest BCUT2D eigenvalue weighted by Crippen LogP contribution is -1.72. The fourth-order valence-electron chi connectivity index (χ4n) is 0.369. The summed E-state index contributed by atoms with van der Waals surface area (Å²) in [5.41, 5.74) is 0.735. The molecule has 0 unspecified atom stereocenters. The highest BCUT2D eigenvalue weighted by atomic mass is 14.7. The van der Waals surface area contributed by atoms with Crippen molar-refractivity contribution in [3.8, 4) is 6.19 Å². The van der Waals surface area contributed by atoms with Crippen LogP contribution >= 0.6 is 0 Å². The summed E-state index contributed by atoms with van der Waals surface area (Å²) in [4.78, 5) is 3.32. The molecular formula is C7H8N2. The van der Waals surface area contributed by atoms with Crippen molar-refractivity contribution in [3.05, 3.63) is 24.3 Å². The van der Waals surface area contributed by atoms with E-state index in [4.69, 9.17) is 5.26 Å². The van der Waals surface area contributed by atoms with Gasteiger partial charge in [0.2, 0.25) is 6.19 Å². The molecule has 2 heteroatoms. The molecular weight excluding hydrogens is 112 g/mol. The lowest BCUT2D eigenvalue weighted by Gasteiger charge is -1.80. The minimum Gasteiger partial charge on any atom is -0.181 e. The maximum atomic E-state index is 7.97. The summed E-state index contributed by atoms with van der Waals surface area (Å²) in [6.07, 6.45) is 6.67. The van der Waals surface area contributed by atoms with Crippen LogP contribution in [0, 0.1) is 11.5 Å². The van der Waals surface area contributed by atoms with Crippen LogP contribution in [0.1, 0.15) is 6.92 Å². The molecule has 0 heterocycles. The number of rotatable bonds is 2. The summed E-state index contributed by atoms with van der Waals surface area (Å²) < 4.78 is 0. The Bertz CT molecular complexity index is 182. The zero-order chi connectivity index (χ0) is 7.11. The minimum absolute atomic E-state index is 0.735. The molecule has 0 aromatic carbocycles. The third-order valence-corrected chi connectivity index (χ3v) is 0.669. The highest BCUT2D eigenvalue weighted by Crippen LogP contribution is 1.86. The van der Waals surface area contributed by atoms with Gasteiger partial charge in [0.05, 0.1) is 0 Å². The van der Waals surface area contributed by atoms with Gasteiger partial charge in [0.25, 0.3) is 0 Å². The van der Waals surface area contributed by atoms with E-state index < -0.39 is 0 Å². The van der Waals surface area contributed by atoms with Gasteiger partial charge in [-0.1, -0.05) is 18.7 Å². The molecule has 0 saturated carbocycles. The first-order valence-corrected chi connectivity index (χ1v) is 2.55. The van der Waals surface area contributed by atoms with Gasteiger partial charge in [-0.3, -0.25) is 0 Å². The number of allylic oxidation sites excluding steroid dienone is 3. The van der Waals surface area contributed by atoms with E-state index in [-0.39, 0.29) is 0 Å². The van der Waals surface area contributed by atoms with Crippen LogP contribution in [0.3, 0.4) is 0 Å². The summed E-state index contributed by atoms with van der Waals surface area (Å²) in [7, 11) is 0. The van der Waals surface area contributed by atoms with Crippen molar-refractivity contribution in [2.45, 2.75) is 6.92 Å². The Kier molecular flexibility index (Phi) is 4.07.